The van der Waals surface area contributed by atoms with Crippen LogP contribution in [0.15, 0.2) is 24.3 Å². The van der Waals surface area contributed by atoms with Gasteiger partial charge in [0.1, 0.15) is 6.04 Å². The molecule has 0 aromatic heterocycles. The summed E-state index contributed by atoms with van der Waals surface area (Å²) in [6.45, 7) is 0. The Kier molecular flexibility index (Phi) is 5.40. The minimum absolute atomic E-state index is 0.171. The number of amides is 1. The van der Waals surface area contributed by atoms with Crippen molar-refractivity contribution in [3.05, 3.63) is 29.8 Å². The van der Waals surface area contributed by atoms with Crippen LogP contribution in [-0.2, 0) is 16.0 Å². The second-order valence-corrected chi connectivity index (χ2v) is 4.74. The summed E-state index contributed by atoms with van der Waals surface area (Å²) in [4.78, 5) is 20.7. The van der Waals surface area contributed by atoms with Crippen molar-refractivity contribution in [1.82, 2.24) is 0 Å². The SMILES string of the molecule is N[C@@H](Cc1cccc(NC(=O)C(Cl)Cl)c1)C(=O)O. The molecule has 0 spiro atoms. The highest BCUT2D eigenvalue weighted by atomic mass is 35.5. The van der Waals surface area contributed by atoms with Crippen molar-refractivity contribution in [2.45, 2.75) is 17.3 Å². The fourth-order valence-corrected chi connectivity index (χ4v) is 1.42. The molecule has 0 unspecified atom stereocenters. The monoisotopic (exact) mass is 290 g/mol. The maximum atomic E-state index is 11.3. The van der Waals surface area contributed by atoms with Gasteiger partial charge in [-0.05, 0) is 24.1 Å². The molecule has 0 aliphatic carbocycles. The molecule has 0 saturated carbocycles. The fourth-order valence-electron chi connectivity index (χ4n) is 1.31. The second-order valence-electron chi connectivity index (χ2n) is 3.64. The average Bonchev–Trinajstić information content (AvgIpc) is 2.29. The molecular weight excluding hydrogens is 279 g/mol. The van der Waals surface area contributed by atoms with Crippen LogP contribution >= 0.6 is 23.2 Å². The van der Waals surface area contributed by atoms with Crippen LogP contribution in [0.3, 0.4) is 0 Å². The van der Waals surface area contributed by atoms with Crippen molar-refractivity contribution in [1.29, 1.82) is 0 Å². The van der Waals surface area contributed by atoms with Gasteiger partial charge in [-0.25, -0.2) is 0 Å². The van der Waals surface area contributed by atoms with Gasteiger partial charge in [-0.2, -0.15) is 0 Å². The zero-order chi connectivity index (χ0) is 13.7. The van der Waals surface area contributed by atoms with Crippen molar-refractivity contribution in [2.24, 2.45) is 5.73 Å². The number of carbonyl (C=O) groups is 2. The van der Waals surface area contributed by atoms with Crippen LogP contribution in [0.5, 0.6) is 0 Å². The minimum Gasteiger partial charge on any atom is -0.480 e. The molecule has 0 radical (unpaired) electrons. The number of anilines is 1. The fraction of sp³-hybridized carbons (Fsp3) is 0.273. The number of carboxylic acids is 1. The normalized spacial score (nSPS) is 12.2. The highest BCUT2D eigenvalue weighted by molar-refractivity contribution is 6.54. The summed E-state index contributed by atoms with van der Waals surface area (Å²) >= 11 is 10.8. The van der Waals surface area contributed by atoms with Crippen LogP contribution in [0.25, 0.3) is 0 Å². The van der Waals surface area contributed by atoms with Crippen molar-refractivity contribution in [3.8, 4) is 0 Å². The van der Waals surface area contributed by atoms with Gasteiger partial charge in [-0.1, -0.05) is 35.3 Å². The first-order valence-electron chi connectivity index (χ1n) is 5.06. The van der Waals surface area contributed by atoms with E-state index in [4.69, 9.17) is 34.0 Å². The molecule has 1 atom stereocenters. The lowest BCUT2D eigenvalue weighted by molar-refractivity contribution is -0.138. The van der Waals surface area contributed by atoms with Crippen LogP contribution in [-0.4, -0.2) is 27.9 Å². The van der Waals surface area contributed by atoms with E-state index in [0.717, 1.165) is 0 Å². The second kappa shape index (κ2) is 6.58. The molecule has 1 aromatic rings. The lowest BCUT2D eigenvalue weighted by Crippen LogP contribution is -2.32. The molecule has 0 bridgehead atoms. The lowest BCUT2D eigenvalue weighted by atomic mass is 10.1. The predicted molar refractivity (Wildman–Crippen MR) is 69.9 cm³/mol. The van der Waals surface area contributed by atoms with Crippen molar-refractivity contribution in [3.63, 3.8) is 0 Å². The molecule has 0 aliphatic heterocycles. The Hall–Kier alpha value is -1.30. The number of carboxylic acid groups (broad SMARTS) is 1. The number of halogens is 2. The first-order chi connectivity index (χ1) is 8.40. The van der Waals surface area contributed by atoms with E-state index >= 15 is 0 Å². The largest absolute Gasteiger partial charge is 0.480 e. The van der Waals surface area contributed by atoms with Crippen LogP contribution in [0.2, 0.25) is 0 Å². The molecule has 7 heteroatoms. The van der Waals surface area contributed by atoms with Crippen LogP contribution in [0.4, 0.5) is 5.69 Å². The van der Waals surface area contributed by atoms with E-state index in [2.05, 4.69) is 5.32 Å². The summed E-state index contributed by atoms with van der Waals surface area (Å²) in [5, 5.41) is 11.2. The van der Waals surface area contributed by atoms with Gasteiger partial charge in [-0.15, -0.1) is 0 Å². The molecule has 98 valence electrons. The Bertz CT molecular complexity index is 452. The average molecular weight is 291 g/mol. The first kappa shape index (κ1) is 14.8. The molecular formula is C11H12Cl2N2O3. The Morgan fingerprint density at radius 1 is 1.39 bits per heavy atom. The first-order valence-corrected chi connectivity index (χ1v) is 5.94. The van der Waals surface area contributed by atoms with E-state index in [9.17, 15) is 9.59 Å². The van der Waals surface area contributed by atoms with E-state index in [0.29, 0.717) is 11.3 Å². The van der Waals surface area contributed by atoms with Crippen LogP contribution < -0.4 is 11.1 Å². The summed E-state index contributed by atoms with van der Waals surface area (Å²) in [6.07, 6.45) is 0.171. The Morgan fingerprint density at radius 2 is 2.06 bits per heavy atom. The van der Waals surface area contributed by atoms with Crippen LogP contribution in [0, 0.1) is 0 Å². The van der Waals surface area contributed by atoms with Gasteiger partial charge < -0.3 is 16.2 Å². The number of nitrogens with two attached hydrogens (primary N) is 1. The molecule has 1 rings (SSSR count). The summed E-state index contributed by atoms with van der Waals surface area (Å²) in [5.74, 6) is -1.62. The Labute approximate surface area is 114 Å². The molecule has 0 saturated heterocycles. The number of hydrogen-bond donors (Lipinski definition) is 3. The maximum Gasteiger partial charge on any atom is 0.320 e. The predicted octanol–water partition coefficient (Wildman–Crippen LogP) is 1.38. The van der Waals surface area contributed by atoms with Crippen molar-refractivity contribution >= 4 is 40.8 Å². The van der Waals surface area contributed by atoms with Gasteiger partial charge in [0.15, 0.2) is 4.84 Å². The number of aliphatic carboxylic acids is 1. The summed E-state index contributed by atoms with van der Waals surface area (Å²) in [6, 6.07) is 5.68. The lowest BCUT2D eigenvalue weighted by Gasteiger charge is -2.09. The van der Waals surface area contributed by atoms with Gasteiger partial charge in [0.25, 0.3) is 5.91 Å². The Balaban J connectivity index is 2.73. The van der Waals surface area contributed by atoms with Gasteiger partial charge in [0.2, 0.25) is 0 Å². The number of nitrogens with one attached hydrogen (secondary N) is 1. The van der Waals surface area contributed by atoms with E-state index in [1.165, 1.54) is 0 Å². The Morgan fingerprint density at radius 3 is 2.61 bits per heavy atom. The maximum absolute atomic E-state index is 11.3. The number of benzene rings is 1. The van der Waals surface area contributed by atoms with E-state index in [1.807, 2.05) is 0 Å². The highest BCUT2D eigenvalue weighted by Crippen LogP contribution is 2.14. The van der Waals surface area contributed by atoms with Crippen molar-refractivity contribution in [2.75, 3.05) is 5.32 Å². The van der Waals surface area contributed by atoms with E-state index in [1.54, 1.807) is 24.3 Å². The van der Waals surface area contributed by atoms with Gasteiger partial charge in [-0.3, -0.25) is 9.59 Å². The number of alkyl halides is 2. The van der Waals surface area contributed by atoms with E-state index in [-0.39, 0.29) is 6.42 Å². The minimum atomic E-state index is -1.16. The third kappa shape index (κ3) is 4.52. The topological polar surface area (TPSA) is 92.4 Å². The molecule has 18 heavy (non-hydrogen) atoms. The molecule has 0 heterocycles. The van der Waals surface area contributed by atoms with E-state index < -0.39 is 22.8 Å². The summed E-state index contributed by atoms with van der Waals surface area (Å²) in [7, 11) is 0. The molecule has 5 nitrogen and oxygen atoms in total. The van der Waals surface area contributed by atoms with Gasteiger partial charge in [0, 0.05) is 5.69 Å². The van der Waals surface area contributed by atoms with Gasteiger partial charge in [0.05, 0.1) is 0 Å². The zero-order valence-electron chi connectivity index (χ0n) is 9.27. The third-order valence-corrected chi connectivity index (χ3v) is 2.56. The molecule has 1 amide bonds. The summed E-state index contributed by atoms with van der Waals surface area (Å²) in [5.41, 5.74) is 6.60. The smallest absolute Gasteiger partial charge is 0.320 e. The number of carbonyl (C=O) groups excluding carboxylic acids is 1. The molecule has 4 N–H and O–H groups in total. The van der Waals surface area contributed by atoms with Crippen LogP contribution in [0.1, 0.15) is 5.56 Å². The highest BCUT2D eigenvalue weighted by Gasteiger charge is 2.14. The third-order valence-electron chi connectivity index (χ3n) is 2.17. The summed E-state index contributed by atoms with van der Waals surface area (Å²) < 4.78 is 0. The standard InChI is InChI=1S/C11H12Cl2N2O3/c12-9(13)10(16)15-7-3-1-2-6(4-7)5-8(14)11(17)18/h1-4,8-9H,5,14H2,(H,15,16)(H,17,18)/t8-/m0/s1. The number of rotatable bonds is 5. The molecule has 1 aromatic carbocycles. The van der Waals surface area contributed by atoms with Crippen molar-refractivity contribution < 1.29 is 14.7 Å². The molecule has 0 fully saturated rings. The van der Waals surface area contributed by atoms with Gasteiger partial charge >= 0.3 is 5.97 Å². The molecule has 0 aliphatic rings. The quantitative estimate of drug-likeness (QED) is 0.715. The zero-order valence-corrected chi connectivity index (χ0v) is 10.8. The number of hydrogen-bond acceptors (Lipinski definition) is 3.